The molecule has 0 aliphatic carbocycles. The minimum atomic E-state index is -3.27. The first-order valence-corrected chi connectivity index (χ1v) is 12.7. The molecule has 0 N–H and O–H groups in total. The maximum Gasteiger partial charge on any atom is 0.264 e. The van der Waals surface area contributed by atoms with Crippen molar-refractivity contribution >= 4 is 18.4 Å². The second-order valence-corrected chi connectivity index (χ2v) is 13.7. The van der Waals surface area contributed by atoms with E-state index < -0.39 is 18.4 Å². The molecule has 0 atom stereocenters. The van der Waals surface area contributed by atoms with E-state index in [0.29, 0.717) is 6.61 Å². The van der Waals surface area contributed by atoms with Gasteiger partial charge < -0.3 is 4.43 Å². The summed E-state index contributed by atoms with van der Waals surface area (Å²) in [5.41, 5.74) is 0. The Morgan fingerprint density at radius 3 is 1.71 bits per heavy atom. The molecule has 0 aromatic carbocycles. The molecule has 0 amide bonds. The second kappa shape index (κ2) is 9.28. The van der Waals surface area contributed by atoms with E-state index in [0.717, 1.165) is 38.5 Å². The highest BCUT2D eigenvalue weighted by Crippen LogP contribution is 2.36. The van der Waals surface area contributed by atoms with Crippen LogP contribution in [-0.2, 0) is 18.7 Å². The maximum absolute atomic E-state index is 10.8. The molecule has 0 radical (unpaired) electrons. The van der Waals surface area contributed by atoms with Gasteiger partial charge in [-0.2, -0.15) is 8.42 Å². The zero-order chi connectivity index (χ0) is 16.6. The topological polar surface area (TPSA) is 52.6 Å². The molecule has 6 heteroatoms. The third-order valence-electron chi connectivity index (χ3n) is 4.11. The predicted molar refractivity (Wildman–Crippen MR) is 91.6 cm³/mol. The van der Waals surface area contributed by atoms with Crippen molar-refractivity contribution in [3.05, 3.63) is 0 Å². The third-order valence-corrected chi connectivity index (χ3v) is 9.24. The SMILES string of the molecule is CC(C)(C)[Si](C)(C)OCCCCCCCCOS(C)(=O)=O. The summed E-state index contributed by atoms with van der Waals surface area (Å²) in [7, 11) is -4.85. The predicted octanol–water partition coefficient (Wildman–Crippen LogP) is 4.33. The minimum Gasteiger partial charge on any atom is -0.417 e. The first-order valence-electron chi connectivity index (χ1n) is 7.94. The number of hydrogen-bond acceptors (Lipinski definition) is 4. The van der Waals surface area contributed by atoms with Gasteiger partial charge in [0.15, 0.2) is 8.32 Å². The van der Waals surface area contributed by atoms with Gasteiger partial charge in [0.25, 0.3) is 10.1 Å². The molecule has 0 saturated carbocycles. The molecule has 0 aliphatic rings. The summed E-state index contributed by atoms with van der Waals surface area (Å²) in [6.45, 7) is 12.5. The van der Waals surface area contributed by atoms with Crippen molar-refractivity contribution in [3.63, 3.8) is 0 Å². The monoisotopic (exact) mass is 338 g/mol. The van der Waals surface area contributed by atoms with Crippen molar-refractivity contribution in [2.45, 2.75) is 77.4 Å². The van der Waals surface area contributed by atoms with Crippen molar-refractivity contribution < 1.29 is 17.0 Å². The van der Waals surface area contributed by atoms with Crippen LogP contribution in [0.1, 0.15) is 59.3 Å². The first kappa shape index (κ1) is 21.1. The lowest BCUT2D eigenvalue weighted by molar-refractivity contribution is 0.276. The highest BCUT2D eigenvalue weighted by molar-refractivity contribution is 7.85. The molecule has 128 valence electrons. The number of rotatable bonds is 11. The van der Waals surface area contributed by atoms with Crippen molar-refractivity contribution in [2.24, 2.45) is 0 Å². The minimum absolute atomic E-state index is 0.284. The number of hydrogen-bond donors (Lipinski definition) is 0. The van der Waals surface area contributed by atoms with E-state index in [1.165, 1.54) is 12.8 Å². The van der Waals surface area contributed by atoms with E-state index in [1.54, 1.807) is 0 Å². The Labute approximate surface area is 132 Å². The smallest absolute Gasteiger partial charge is 0.264 e. The van der Waals surface area contributed by atoms with Crippen LogP contribution in [0.5, 0.6) is 0 Å². The van der Waals surface area contributed by atoms with Gasteiger partial charge in [-0.1, -0.05) is 46.5 Å². The summed E-state index contributed by atoms with van der Waals surface area (Å²) in [6.07, 6.45) is 7.54. The summed E-state index contributed by atoms with van der Waals surface area (Å²) in [5.74, 6) is 0. The molecule has 0 unspecified atom stereocenters. The first-order chi connectivity index (χ1) is 9.46. The Morgan fingerprint density at radius 1 is 0.857 bits per heavy atom. The zero-order valence-electron chi connectivity index (χ0n) is 14.7. The molecular weight excluding hydrogens is 304 g/mol. The fourth-order valence-corrected chi connectivity index (χ4v) is 3.17. The summed E-state index contributed by atoms with van der Waals surface area (Å²) in [6, 6.07) is 0. The van der Waals surface area contributed by atoms with Crippen LogP contribution in [0.3, 0.4) is 0 Å². The van der Waals surface area contributed by atoms with E-state index >= 15 is 0 Å². The molecular formula is C15H34O4SSi. The van der Waals surface area contributed by atoms with Gasteiger partial charge in [0.2, 0.25) is 0 Å². The van der Waals surface area contributed by atoms with Crippen LogP contribution in [0.15, 0.2) is 0 Å². The molecule has 0 rings (SSSR count). The van der Waals surface area contributed by atoms with Crippen molar-refractivity contribution in [3.8, 4) is 0 Å². The van der Waals surface area contributed by atoms with E-state index in [2.05, 4.69) is 33.9 Å². The fourth-order valence-electron chi connectivity index (χ4n) is 1.67. The van der Waals surface area contributed by atoms with Crippen molar-refractivity contribution in [2.75, 3.05) is 19.5 Å². The highest BCUT2D eigenvalue weighted by atomic mass is 32.2. The van der Waals surface area contributed by atoms with E-state index in [4.69, 9.17) is 8.61 Å². The lowest BCUT2D eigenvalue weighted by Crippen LogP contribution is -2.40. The average Bonchev–Trinajstić information content (AvgIpc) is 2.28. The van der Waals surface area contributed by atoms with Crippen LogP contribution in [0, 0.1) is 0 Å². The second-order valence-electron chi connectivity index (χ2n) is 7.26. The van der Waals surface area contributed by atoms with Gasteiger partial charge in [-0.05, 0) is 31.0 Å². The van der Waals surface area contributed by atoms with Crippen LogP contribution >= 0.6 is 0 Å². The van der Waals surface area contributed by atoms with Crippen LogP contribution in [-0.4, -0.2) is 36.2 Å². The standard InChI is InChI=1S/C15H34O4SSi/c1-15(2,3)21(5,6)19-14-12-10-8-7-9-11-13-18-20(4,16)17/h7-14H2,1-6H3. The molecule has 0 aromatic rings. The Morgan fingerprint density at radius 2 is 1.29 bits per heavy atom. The summed E-state index contributed by atoms with van der Waals surface area (Å²) >= 11 is 0. The maximum atomic E-state index is 10.8. The lowest BCUT2D eigenvalue weighted by Gasteiger charge is -2.36. The van der Waals surface area contributed by atoms with Gasteiger partial charge in [-0.3, -0.25) is 4.18 Å². The zero-order valence-corrected chi connectivity index (χ0v) is 16.5. The molecule has 0 heterocycles. The molecule has 0 aromatic heterocycles. The highest BCUT2D eigenvalue weighted by Gasteiger charge is 2.36. The summed E-state index contributed by atoms with van der Waals surface area (Å²) < 4.78 is 32.3. The molecule has 0 saturated heterocycles. The molecule has 0 spiro atoms. The van der Waals surface area contributed by atoms with E-state index in [9.17, 15) is 8.42 Å². The Kier molecular flexibility index (Phi) is 9.31. The Bertz CT molecular complexity index is 372. The average molecular weight is 339 g/mol. The largest absolute Gasteiger partial charge is 0.417 e. The van der Waals surface area contributed by atoms with Crippen molar-refractivity contribution in [1.82, 2.24) is 0 Å². The van der Waals surface area contributed by atoms with Gasteiger partial charge in [-0.25, -0.2) is 0 Å². The van der Waals surface area contributed by atoms with Crippen LogP contribution in [0.2, 0.25) is 18.1 Å². The van der Waals surface area contributed by atoms with Gasteiger partial charge >= 0.3 is 0 Å². The normalized spacial score (nSPS) is 13.6. The fraction of sp³-hybridized carbons (Fsp3) is 1.00. The van der Waals surface area contributed by atoms with Gasteiger partial charge in [0.1, 0.15) is 0 Å². The van der Waals surface area contributed by atoms with Crippen molar-refractivity contribution in [1.29, 1.82) is 0 Å². The number of unbranched alkanes of at least 4 members (excludes halogenated alkanes) is 5. The summed E-state index contributed by atoms with van der Waals surface area (Å²) in [5, 5.41) is 0.284. The Balaban J connectivity index is 3.46. The van der Waals surface area contributed by atoms with Crippen LogP contribution < -0.4 is 0 Å². The Hall–Kier alpha value is 0.0869. The quantitative estimate of drug-likeness (QED) is 0.320. The summed E-state index contributed by atoms with van der Waals surface area (Å²) in [4.78, 5) is 0. The van der Waals surface area contributed by atoms with E-state index in [-0.39, 0.29) is 5.04 Å². The lowest BCUT2D eigenvalue weighted by atomic mass is 10.1. The van der Waals surface area contributed by atoms with Crippen LogP contribution in [0.4, 0.5) is 0 Å². The van der Waals surface area contributed by atoms with E-state index in [1.807, 2.05) is 0 Å². The molecule has 0 fully saturated rings. The van der Waals surface area contributed by atoms with Gasteiger partial charge in [-0.15, -0.1) is 0 Å². The molecule has 21 heavy (non-hydrogen) atoms. The third kappa shape index (κ3) is 11.3. The van der Waals surface area contributed by atoms with Gasteiger partial charge in [0.05, 0.1) is 12.9 Å². The molecule has 0 bridgehead atoms. The van der Waals surface area contributed by atoms with Gasteiger partial charge in [0, 0.05) is 6.61 Å². The van der Waals surface area contributed by atoms with Crippen LogP contribution in [0.25, 0.3) is 0 Å². The molecule has 0 aliphatic heterocycles. The molecule has 4 nitrogen and oxygen atoms in total.